The fourth-order valence-electron chi connectivity index (χ4n) is 2.20. The molecule has 106 valence electrons. The van der Waals surface area contributed by atoms with Crippen LogP contribution in [0.2, 0.25) is 0 Å². The van der Waals surface area contributed by atoms with Crippen molar-refractivity contribution in [2.45, 2.75) is 51.3 Å². The highest BCUT2D eigenvalue weighted by atomic mass is 32.2. The first-order chi connectivity index (χ1) is 8.29. The van der Waals surface area contributed by atoms with Gasteiger partial charge in [0, 0.05) is 6.04 Å². The van der Waals surface area contributed by atoms with E-state index in [1.807, 2.05) is 20.8 Å². The van der Waals surface area contributed by atoms with Crippen molar-refractivity contribution < 1.29 is 17.9 Å². The molecule has 0 radical (unpaired) electrons. The molecule has 3 unspecified atom stereocenters. The summed E-state index contributed by atoms with van der Waals surface area (Å²) >= 11 is 0. The van der Waals surface area contributed by atoms with Gasteiger partial charge >= 0.3 is 5.97 Å². The van der Waals surface area contributed by atoms with Gasteiger partial charge in [-0.15, -0.1) is 0 Å². The van der Waals surface area contributed by atoms with Crippen molar-refractivity contribution in [3.05, 3.63) is 0 Å². The van der Waals surface area contributed by atoms with Gasteiger partial charge in [-0.05, 0) is 25.7 Å². The molecule has 3 atom stereocenters. The summed E-state index contributed by atoms with van der Waals surface area (Å²) < 4.78 is 31.9. The van der Waals surface area contributed by atoms with Crippen molar-refractivity contribution in [2.75, 3.05) is 7.11 Å². The lowest BCUT2D eigenvalue weighted by Gasteiger charge is -2.23. The van der Waals surface area contributed by atoms with Crippen molar-refractivity contribution in [1.29, 1.82) is 0 Å². The highest BCUT2D eigenvalue weighted by molar-refractivity contribution is 7.90. The van der Waals surface area contributed by atoms with Crippen molar-refractivity contribution >= 4 is 16.0 Å². The first kappa shape index (κ1) is 15.4. The van der Waals surface area contributed by atoms with E-state index in [1.54, 1.807) is 0 Å². The zero-order chi connectivity index (χ0) is 13.9. The second kappa shape index (κ2) is 6.02. The Morgan fingerprint density at radius 3 is 2.39 bits per heavy atom. The lowest BCUT2D eigenvalue weighted by molar-refractivity contribution is -0.145. The summed E-state index contributed by atoms with van der Waals surface area (Å²) in [5.74, 6) is -0.718. The monoisotopic (exact) mass is 277 g/mol. The summed E-state index contributed by atoms with van der Waals surface area (Å²) in [5, 5.41) is -0.647. The number of rotatable bonds is 5. The number of ether oxygens (including phenoxy) is 1. The van der Waals surface area contributed by atoms with Crippen LogP contribution in [0.3, 0.4) is 0 Å². The third-order valence-electron chi connectivity index (χ3n) is 3.71. The number of methoxy groups -OCH3 is 1. The van der Waals surface area contributed by atoms with E-state index in [-0.39, 0.29) is 12.0 Å². The zero-order valence-corrected chi connectivity index (χ0v) is 12.3. The van der Waals surface area contributed by atoms with Crippen molar-refractivity contribution in [2.24, 2.45) is 11.8 Å². The Morgan fingerprint density at radius 1 is 1.28 bits per heavy atom. The predicted octanol–water partition coefficient (Wildman–Crippen LogP) is 1.29. The highest BCUT2D eigenvalue weighted by Gasteiger charge is 2.42. The van der Waals surface area contributed by atoms with Gasteiger partial charge in [0.15, 0.2) is 0 Å². The van der Waals surface area contributed by atoms with Crippen molar-refractivity contribution in [3.63, 3.8) is 0 Å². The molecule has 1 aliphatic carbocycles. The molecule has 0 bridgehead atoms. The maximum Gasteiger partial charge on any atom is 0.310 e. The summed E-state index contributed by atoms with van der Waals surface area (Å²) in [4.78, 5) is 11.6. The first-order valence-corrected chi connectivity index (χ1v) is 7.93. The molecule has 5 nitrogen and oxygen atoms in total. The molecule has 0 saturated heterocycles. The Kier molecular flexibility index (Phi) is 5.16. The minimum atomic E-state index is -3.46. The molecule has 1 N–H and O–H groups in total. The van der Waals surface area contributed by atoms with Crippen molar-refractivity contribution in [3.8, 4) is 0 Å². The molecule has 1 fully saturated rings. The SMILES string of the molecule is COC(=O)C1CCCC1S(=O)(=O)NC(C)C(C)C. The van der Waals surface area contributed by atoms with Crippen LogP contribution in [-0.2, 0) is 19.6 Å². The van der Waals surface area contributed by atoms with E-state index in [2.05, 4.69) is 9.46 Å². The fraction of sp³-hybridized carbons (Fsp3) is 0.917. The fourth-order valence-corrected chi connectivity index (χ4v) is 4.32. The van der Waals surface area contributed by atoms with Gasteiger partial charge in [-0.25, -0.2) is 13.1 Å². The maximum absolute atomic E-state index is 12.3. The van der Waals surface area contributed by atoms with Crippen LogP contribution in [0.15, 0.2) is 0 Å². The Bertz CT molecular complexity index is 391. The van der Waals surface area contributed by atoms with Gasteiger partial charge in [-0.2, -0.15) is 0 Å². The third kappa shape index (κ3) is 3.45. The second-order valence-electron chi connectivity index (χ2n) is 5.29. The van der Waals surface area contributed by atoms with Crippen LogP contribution in [0.5, 0.6) is 0 Å². The van der Waals surface area contributed by atoms with Crippen LogP contribution >= 0.6 is 0 Å². The molecule has 6 heteroatoms. The Balaban J connectivity index is 2.81. The quantitative estimate of drug-likeness (QED) is 0.769. The minimum absolute atomic E-state index is 0.131. The number of hydrogen-bond donors (Lipinski definition) is 1. The van der Waals surface area contributed by atoms with E-state index >= 15 is 0 Å². The van der Waals surface area contributed by atoms with Gasteiger partial charge in [-0.3, -0.25) is 4.79 Å². The number of carbonyl (C=O) groups excluding carboxylic acids is 1. The van der Waals surface area contributed by atoms with Gasteiger partial charge in [0.2, 0.25) is 10.0 Å². The maximum atomic E-state index is 12.3. The van der Waals surface area contributed by atoms with Crippen LogP contribution in [0.4, 0.5) is 0 Å². The average Bonchev–Trinajstić information content (AvgIpc) is 2.76. The Morgan fingerprint density at radius 2 is 1.89 bits per heavy atom. The Hall–Kier alpha value is -0.620. The van der Waals surface area contributed by atoms with Crippen LogP contribution in [0, 0.1) is 11.8 Å². The van der Waals surface area contributed by atoms with E-state index in [0.29, 0.717) is 12.8 Å². The predicted molar refractivity (Wildman–Crippen MR) is 69.5 cm³/mol. The van der Waals surface area contributed by atoms with Crippen LogP contribution in [0.1, 0.15) is 40.0 Å². The molecule has 0 heterocycles. The summed E-state index contributed by atoms with van der Waals surface area (Å²) in [5.41, 5.74) is 0. The smallest absolute Gasteiger partial charge is 0.310 e. The second-order valence-corrected chi connectivity index (χ2v) is 7.23. The number of sulfonamides is 1. The lowest BCUT2D eigenvalue weighted by Crippen LogP contribution is -2.44. The van der Waals surface area contributed by atoms with Crippen LogP contribution in [0.25, 0.3) is 0 Å². The van der Waals surface area contributed by atoms with E-state index in [4.69, 9.17) is 0 Å². The standard InChI is InChI=1S/C12H23NO4S/c1-8(2)9(3)13-18(15,16)11-7-5-6-10(11)12(14)17-4/h8-11,13H,5-7H2,1-4H3. The number of hydrogen-bond acceptors (Lipinski definition) is 4. The third-order valence-corrected chi connectivity index (χ3v) is 5.77. The lowest BCUT2D eigenvalue weighted by atomic mass is 10.1. The molecule has 0 aliphatic heterocycles. The molecule has 0 spiro atoms. The molecule has 0 aromatic carbocycles. The molecule has 0 amide bonds. The largest absolute Gasteiger partial charge is 0.469 e. The molecular formula is C12H23NO4S. The molecule has 1 rings (SSSR count). The summed E-state index contributed by atoms with van der Waals surface area (Å²) in [6.45, 7) is 5.75. The normalized spacial score (nSPS) is 26.3. The summed E-state index contributed by atoms with van der Waals surface area (Å²) in [6, 6.07) is -0.131. The van der Waals surface area contributed by atoms with Crippen LogP contribution in [-0.4, -0.2) is 32.8 Å². The molecule has 18 heavy (non-hydrogen) atoms. The molecule has 1 saturated carbocycles. The van der Waals surface area contributed by atoms with E-state index in [9.17, 15) is 13.2 Å². The van der Waals surface area contributed by atoms with Crippen molar-refractivity contribution in [1.82, 2.24) is 4.72 Å². The number of esters is 1. The number of nitrogens with one attached hydrogen (secondary N) is 1. The van der Waals surface area contributed by atoms with E-state index in [1.165, 1.54) is 7.11 Å². The highest BCUT2D eigenvalue weighted by Crippen LogP contribution is 2.32. The summed E-state index contributed by atoms with van der Waals surface area (Å²) in [6.07, 6.45) is 1.87. The summed E-state index contributed by atoms with van der Waals surface area (Å²) in [7, 11) is -2.16. The first-order valence-electron chi connectivity index (χ1n) is 6.38. The van der Waals surface area contributed by atoms with E-state index < -0.39 is 27.2 Å². The molecule has 0 aromatic heterocycles. The molecule has 1 aliphatic rings. The average molecular weight is 277 g/mol. The Labute approximate surface area is 109 Å². The topological polar surface area (TPSA) is 72.5 Å². The van der Waals surface area contributed by atoms with Gasteiger partial charge in [0.05, 0.1) is 18.3 Å². The number of carbonyl (C=O) groups is 1. The van der Waals surface area contributed by atoms with Gasteiger partial charge < -0.3 is 4.74 Å². The molecular weight excluding hydrogens is 254 g/mol. The van der Waals surface area contributed by atoms with Gasteiger partial charge in [0.25, 0.3) is 0 Å². The minimum Gasteiger partial charge on any atom is -0.469 e. The zero-order valence-electron chi connectivity index (χ0n) is 11.5. The van der Waals surface area contributed by atoms with Gasteiger partial charge in [-0.1, -0.05) is 20.3 Å². The van der Waals surface area contributed by atoms with Crippen LogP contribution < -0.4 is 4.72 Å². The molecule has 0 aromatic rings. The van der Waals surface area contributed by atoms with E-state index in [0.717, 1.165) is 6.42 Å². The van der Waals surface area contributed by atoms with Gasteiger partial charge in [0.1, 0.15) is 0 Å².